The summed E-state index contributed by atoms with van der Waals surface area (Å²) in [6.07, 6.45) is 7.18. The van der Waals surface area contributed by atoms with Gasteiger partial charge in [-0.15, -0.1) is 5.10 Å². The fourth-order valence-corrected chi connectivity index (χ4v) is 4.07. The van der Waals surface area contributed by atoms with Crippen LogP contribution in [0, 0.1) is 0 Å². The molecule has 11 heteroatoms. The normalized spacial score (nSPS) is 22.9. The first-order chi connectivity index (χ1) is 14.5. The maximum atomic E-state index is 11.7. The Bertz CT molecular complexity index is 959. The molecule has 1 saturated carbocycles. The van der Waals surface area contributed by atoms with E-state index in [-0.39, 0.29) is 17.2 Å². The Labute approximate surface area is 177 Å². The molecule has 1 saturated heterocycles. The van der Waals surface area contributed by atoms with Crippen molar-refractivity contribution in [3.63, 3.8) is 0 Å². The first kappa shape index (κ1) is 20.2. The van der Waals surface area contributed by atoms with Crippen molar-refractivity contribution in [3.8, 4) is 5.88 Å². The minimum absolute atomic E-state index is 0.0773. The van der Waals surface area contributed by atoms with Crippen LogP contribution in [0.4, 0.5) is 10.7 Å². The van der Waals surface area contributed by atoms with Gasteiger partial charge in [0.05, 0.1) is 16.3 Å². The zero-order valence-corrected chi connectivity index (χ0v) is 16.9. The Kier molecular flexibility index (Phi) is 6.19. The van der Waals surface area contributed by atoms with Crippen LogP contribution in [-0.2, 0) is 11.3 Å². The van der Waals surface area contributed by atoms with E-state index in [2.05, 4.69) is 36.1 Å². The predicted octanol–water partition coefficient (Wildman–Crippen LogP) is 1.81. The molecule has 4 rings (SSSR count). The minimum Gasteiger partial charge on any atom is -0.492 e. The highest BCUT2D eigenvalue weighted by Gasteiger charge is 2.25. The molecule has 156 valence electrons. The summed E-state index contributed by atoms with van der Waals surface area (Å²) in [6, 6.07) is 5.65. The largest absolute Gasteiger partial charge is 0.492 e. The SMILES string of the molecule is O=C1NC(=O)/C(=C\c2ccnc(NC3CCC(NCc4ccc(O)nn4)CC3)n2)S1. The summed E-state index contributed by atoms with van der Waals surface area (Å²) < 4.78 is 0. The van der Waals surface area contributed by atoms with Crippen LogP contribution in [0.15, 0.2) is 29.3 Å². The molecule has 2 aliphatic rings. The van der Waals surface area contributed by atoms with Crippen molar-refractivity contribution in [2.45, 2.75) is 44.3 Å². The van der Waals surface area contributed by atoms with Crippen LogP contribution >= 0.6 is 11.8 Å². The smallest absolute Gasteiger partial charge is 0.290 e. The number of rotatable bonds is 6. The van der Waals surface area contributed by atoms with E-state index in [0.29, 0.717) is 29.1 Å². The van der Waals surface area contributed by atoms with Crippen LogP contribution in [0.25, 0.3) is 6.08 Å². The molecule has 2 amide bonds. The van der Waals surface area contributed by atoms with Crippen molar-refractivity contribution in [1.29, 1.82) is 0 Å². The van der Waals surface area contributed by atoms with E-state index in [1.165, 1.54) is 6.07 Å². The molecule has 1 aliphatic carbocycles. The average Bonchev–Trinajstić information content (AvgIpc) is 3.05. The van der Waals surface area contributed by atoms with Gasteiger partial charge < -0.3 is 15.7 Å². The van der Waals surface area contributed by atoms with Gasteiger partial charge in [-0.1, -0.05) is 0 Å². The van der Waals surface area contributed by atoms with Gasteiger partial charge in [-0.25, -0.2) is 9.97 Å². The molecule has 0 atom stereocenters. The number of nitrogens with zero attached hydrogens (tertiary/aromatic N) is 4. The molecule has 0 bridgehead atoms. The van der Waals surface area contributed by atoms with E-state index in [9.17, 15) is 14.7 Å². The third-order valence-corrected chi connectivity index (χ3v) is 5.75. The number of anilines is 1. The van der Waals surface area contributed by atoms with Gasteiger partial charge in [-0.2, -0.15) is 5.10 Å². The molecular formula is C19H21N7O3S. The molecule has 30 heavy (non-hydrogen) atoms. The second kappa shape index (κ2) is 9.18. The third kappa shape index (κ3) is 5.30. The summed E-state index contributed by atoms with van der Waals surface area (Å²) in [5.41, 5.74) is 1.37. The maximum absolute atomic E-state index is 11.7. The number of carbonyl (C=O) groups excluding carboxylic acids is 2. The number of carbonyl (C=O) groups is 2. The van der Waals surface area contributed by atoms with Crippen molar-refractivity contribution in [1.82, 2.24) is 30.8 Å². The number of nitrogens with one attached hydrogen (secondary N) is 3. The lowest BCUT2D eigenvalue weighted by molar-refractivity contribution is -0.115. The summed E-state index contributed by atoms with van der Waals surface area (Å²) in [5, 5.41) is 25.5. The van der Waals surface area contributed by atoms with Crippen molar-refractivity contribution >= 4 is 34.9 Å². The molecule has 0 spiro atoms. The molecule has 2 fully saturated rings. The summed E-state index contributed by atoms with van der Waals surface area (Å²) >= 11 is 0.867. The third-order valence-electron chi connectivity index (χ3n) is 4.94. The Morgan fingerprint density at radius 2 is 1.93 bits per heavy atom. The second-order valence-corrected chi connectivity index (χ2v) is 8.13. The monoisotopic (exact) mass is 427 g/mol. The first-order valence-corrected chi connectivity index (χ1v) is 10.5. The molecule has 4 N–H and O–H groups in total. The summed E-state index contributed by atoms with van der Waals surface area (Å²) in [7, 11) is 0. The van der Waals surface area contributed by atoms with Crippen molar-refractivity contribution in [2.24, 2.45) is 0 Å². The highest BCUT2D eigenvalue weighted by molar-refractivity contribution is 8.18. The number of thioether (sulfide) groups is 1. The van der Waals surface area contributed by atoms with Crippen molar-refractivity contribution < 1.29 is 14.7 Å². The van der Waals surface area contributed by atoms with Gasteiger partial charge in [0.2, 0.25) is 11.8 Å². The number of aromatic nitrogens is 4. The highest BCUT2D eigenvalue weighted by Crippen LogP contribution is 2.25. The maximum Gasteiger partial charge on any atom is 0.290 e. The minimum atomic E-state index is -0.401. The standard InChI is InChI=1S/C19H21N7O3S/c27-16-6-5-14(25-26-16)10-21-11-1-3-12(4-2-11)22-18-20-8-7-13(23-18)9-15-17(28)24-19(29)30-15/h5-9,11-12,21H,1-4,10H2,(H,26,27)(H,20,22,23)(H,24,28,29)/b15-9+. The van der Waals surface area contributed by atoms with E-state index in [1.54, 1.807) is 24.4 Å². The van der Waals surface area contributed by atoms with E-state index in [4.69, 9.17) is 0 Å². The van der Waals surface area contributed by atoms with Crippen LogP contribution < -0.4 is 16.0 Å². The zero-order chi connectivity index (χ0) is 20.9. The summed E-state index contributed by atoms with van der Waals surface area (Å²) in [6.45, 7) is 0.615. The van der Waals surface area contributed by atoms with Crippen molar-refractivity contribution in [3.05, 3.63) is 40.7 Å². The van der Waals surface area contributed by atoms with Gasteiger partial charge >= 0.3 is 0 Å². The Balaban J connectivity index is 1.27. The topological polar surface area (TPSA) is 142 Å². The number of amides is 2. The lowest BCUT2D eigenvalue weighted by Gasteiger charge is -2.29. The fraction of sp³-hybridized carbons (Fsp3) is 0.368. The Hall–Kier alpha value is -3.05. The summed E-state index contributed by atoms with van der Waals surface area (Å²) in [5.74, 6) is 0.0312. The van der Waals surface area contributed by atoms with E-state index >= 15 is 0 Å². The van der Waals surface area contributed by atoms with Crippen LogP contribution in [0.3, 0.4) is 0 Å². The molecule has 2 aromatic rings. The van der Waals surface area contributed by atoms with Crippen molar-refractivity contribution in [2.75, 3.05) is 5.32 Å². The van der Waals surface area contributed by atoms with Crippen LogP contribution in [0.1, 0.15) is 37.1 Å². The lowest BCUT2D eigenvalue weighted by Crippen LogP contribution is -2.37. The molecular weight excluding hydrogens is 406 g/mol. The molecule has 0 radical (unpaired) electrons. The predicted molar refractivity (Wildman–Crippen MR) is 111 cm³/mol. The molecule has 2 aromatic heterocycles. The van der Waals surface area contributed by atoms with E-state index in [1.807, 2.05) is 0 Å². The molecule has 0 unspecified atom stereocenters. The Morgan fingerprint density at radius 1 is 1.13 bits per heavy atom. The van der Waals surface area contributed by atoms with E-state index < -0.39 is 5.91 Å². The van der Waals surface area contributed by atoms with Crippen LogP contribution in [-0.4, -0.2) is 48.5 Å². The average molecular weight is 427 g/mol. The molecule has 10 nitrogen and oxygen atoms in total. The number of hydrogen-bond donors (Lipinski definition) is 4. The molecule has 0 aromatic carbocycles. The van der Waals surface area contributed by atoms with Gasteiger partial charge in [0.15, 0.2) is 0 Å². The van der Waals surface area contributed by atoms with Crippen LogP contribution in [0.2, 0.25) is 0 Å². The number of aromatic hydroxyl groups is 1. The quantitative estimate of drug-likeness (QED) is 0.504. The first-order valence-electron chi connectivity index (χ1n) is 9.64. The van der Waals surface area contributed by atoms with E-state index in [0.717, 1.165) is 43.1 Å². The van der Waals surface area contributed by atoms with Gasteiger partial charge in [-0.3, -0.25) is 14.9 Å². The highest BCUT2D eigenvalue weighted by atomic mass is 32.2. The number of hydrogen-bond acceptors (Lipinski definition) is 10. The van der Waals surface area contributed by atoms with Gasteiger partial charge in [-0.05, 0) is 55.7 Å². The van der Waals surface area contributed by atoms with Gasteiger partial charge in [0.1, 0.15) is 0 Å². The molecule has 3 heterocycles. The van der Waals surface area contributed by atoms with Crippen LogP contribution in [0.5, 0.6) is 5.88 Å². The fourth-order valence-electron chi connectivity index (χ4n) is 3.40. The zero-order valence-electron chi connectivity index (χ0n) is 16.0. The summed E-state index contributed by atoms with van der Waals surface area (Å²) in [4.78, 5) is 32.0. The van der Waals surface area contributed by atoms with Gasteiger partial charge in [0.25, 0.3) is 11.1 Å². The second-order valence-electron chi connectivity index (χ2n) is 7.11. The molecule has 1 aliphatic heterocycles. The number of imide groups is 1. The van der Waals surface area contributed by atoms with Gasteiger partial charge in [0, 0.05) is 30.9 Å². The lowest BCUT2D eigenvalue weighted by atomic mass is 9.91. The Morgan fingerprint density at radius 3 is 2.63 bits per heavy atom.